The number of hydrogen-bond donors (Lipinski definition) is 0. The van der Waals surface area contributed by atoms with E-state index in [0.29, 0.717) is 33.5 Å². The lowest BCUT2D eigenvalue weighted by atomic mass is 10.1. The summed E-state index contributed by atoms with van der Waals surface area (Å²) in [6, 6.07) is 26.5. The lowest BCUT2D eigenvalue weighted by molar-refractivity contribution is 0.0926. The smallest absolute Gasteiger partial charge is 0.266 e. The Labute approximate surface area is 205 Å². The van der Waals surface area contributed by atoms with Gasteiger partial charge in [-0.1, -0.05) is 35.9 Å². The highest BCUT2D eigenvalue weighted by molar-refractivity contribution is 6.34. The number of amides is 2. The molecule has 168 valence electrons. The van der Waals surface area contributed by atoms with Gasteiger partial charge in [0.1, 0.15) is 11.5 Å². The first kappa shape index (κ1) is 21.0. The van der Waals surface area contributed by atoms with Crippen LogP contribution >= 0.6 is 11.6 Å². The maximum atomic E-state index is 13.3. The summed E-state index contributed by atoms with van der Waals surface area (Å²) in [6.45, 7) is 0. The van der Waals surface area contributed by atoms with Gasteiger partial charge >= 0.3 is 0 Å². The van der Waals surface area contributed by atoms with Crippen LogP contribution in [0.5, 0.6) is 11.5 Å². The van der Waals surface area contributed by atoms with Gasteiger partial charge in [0, 0.05) is 10.6 Å². The van der Waals surface area contributed by atoms with Crippen LogP contribution in [0.2, 0.25) is 5.02 Å². The van der Waals surface area contributed by atoms with Crippen molar-refractivity contribution in [3.63, 3.8) is 0 Å². The van der Waals surface area contributed by atoms with Crippen molar-refractivity contribution in [2.75, 3.05) is 4.90 Å². The van der Waals surface area contributed by atoms with Crippen LogP contribution in [0.1, 0.15) is 20.7 Å². The minimum Gasteiger partial charge on any atom is -0.457 e. The number of hydrogen-bond acceptors (Lipinski definition) is 5. The van der Waals surface area contributed by atoms with Gasteiger partial charge in [-0.3, -0.25) is 14.6 Å². The zero-order chi connectivity index (χ0) is 23.9. The Balaban J connectivity index is 1.32. The van der Waals surface area contributed by atoms with Crippen molar-refractivity contribution in [1.82, 2.24) is 9.97 Å². The monoisotopic (exact) mass is 477 g/mol. The molecule has 0 aliphatic carbocycles. The molecule has 7 heteroatoms. The molecule has 0 spiro atoms. The zero-order valence-electron chi connectivity index (χ0n) is 18.2. The van der Waals surface area contributed by atoms with Crippen molar-refractivity contribution in [3.05, 3.63) is 113 Å². The summed E-state index contributed by atoms with van der Waals surface area (Å²) in [5, 5.41) is 0.597. The number of imide groups is 1. The van der Waals surface area contributed by atoms with Crippen molar-refractivity contribution in [2.45, 2.75) is 0 Å². The number of fused-ring (bicyclic) bond motifs is 2. The Bertz CT molecular complexity index is 1630. The van der Waals surface area contributed by atoms with E-state index in [4.69, 9.17) is 16.3 Å². The summed E-state index contributed by atoms with van der Waals surface area (Å²) in [5.41, 5.74) is 4.05. The zero-order valence-corrected chi connectivity index (χ0v) is 18.9. The van der Waals surface area contributed by atoms with Gasteiger partial charge in [-0.2, -0.15) is 0 Å². The molecule has 0 saturated heterocycles. The number of carbonyl (C=O) groups excluding carboxylic acids is 2. The van der Waals surface area contributed by atoms with E-state index < -0.39 is 5.91 Å². The van der Waals surface area contributed by atoms with Gasteiger partial charge in [0.15, 0.2) is 0 Å². The van der Waals surface area contributed by atoms with E-state index in [1.807, 2.05) is 30.3 Å². The average molecular weight is 478 g/mol. The molecule has 0 saturated carbocycles. The maximum Gasteiger partial charge on any atom is 0.266 e. The summed E-state index contributed by atoms with van der Waals surface area (Å²) in [6.07, 6.45) is 1.68. The van der Waals surface area contributed by atoms with Crippen molar-refractivity contribution in [1.29, 1.82) is 0 Å². The first-order valence-corrected chi connectivity index (χ1v) is 11.2. The van der Waals surface area contributed by atoms with Gasteiger partial charge in [-0.05, 0) is 66.7 Å². The lowest BCUT2D eigenvalue weighted by Gasteiger charge is -2.15. The molecule has 1 aliphatic heterocycles. The van der Waals surface area contributed by atoms with Gasteiger partial charge in [0.2, 0.25) is 0 Å². The molecule has 35 heavy (non-hydrogen) atoms. The largest absolute Gasteiger partial charge is 0.457 e. The van der Waals surface area contributed by atoms with E-state index in [0.717, 1.165) is 16.6 Å². The standard InChI is InChI=1S/C28H16ClN3O3/c29-18-8-10-20(11-9-18)35-21-12-13-22-23(15-21)28(34)32(27(22)33)19-5-3-4-17(14-19)26-16-30-24-6-1-2-7-25(24)31-26/h1-16H. The predicted molar refractivity (Wildman–Crippen MR) is 134 cm³/mol. The van der Waals surface area contributed by atoms with E-state index in [9.17, 15) is 9.59 Å². The summed E-state index contributed by atoms with van der Waals surface area (Å²) in [7, 11) is 0. The van der Waals surface area contributed by atoms with Crippen molar-refractivity contribution < 1.29 is 14.3 Å². The topological polar surface area (TPSA) is 72.4 Å². The molecule has 4 aromatic carbocycles. The van der Waals surface area contributed by atoms with E-state index >= 15 is 0 Å². The molecule has 1 aromatic heterocycles. The minimum absolute atomic E-state index is 0.289. The van der Waals surface area contributed by atoms with Crippen molar-refractivity contribution >= 4 is 40.1 Å². The SMILES string of the molecule is O=C1c2ccc(Oc3ccc(Cl)cc3)cc2C(=O)N1c1cccc(-c2cnc3ccccc3n2)c1. The second-order valence-corrected chi connectivity index (χ2v) is 8.44. The number of aromatic nitrogens is 2. The number of para-hydroxylation sites is 2. The molecule has 0 unspecified atom stereocenters. The summed E-state index contributed by atoms with van der Waals surface area (Å²) in [5.74, 6) is 0.236. The molecule has 6 nitrogen and oxygen atoms in total. The Kier molecular flexibility index (Phi) is 5.01. The third-order valence-electron chi connectivity index (χ3n) is 5.76. The summed E-state index contributed by atoms with van der Waals surface area (Å²) in [4.78, 5) is 36.8. The second kappa shape index (κ2) is 8.34. The maximum absolute atomic E-state index is 13.3. The Morgan fingerprint density at radius 2 is 1.46 bits per heavy atom. The van der Waals surface area contributed by atoms with Crippen molar-refractivity contribution in [2.24, 2.45) is 0 Å². The highest BCUT2D eigenvalue weighted by Crippen LogP contribution is 2.34. The molecule has 1 aliphatic rings. The molecular weight excluding hydrogens is 462 g/mol. The summed E-state index contributed by atoms with van der Waals surface area (Å²) < 4.78 is 5.84. The Morgan fingerprint density at radius 3 is 2.29 bits per heavy atom. The molecule has 0 fully saturated rings. The quantitative estimate of drug-likeness (QED) is 0.275. The summed E-state index contributed by atoms with van der Waals surface area (Å²) >= 11 is 5.93. The van der Waals surface area contributed by atoms with Crippen LogP contribution in [-0.4, -0.2) is 21.8 Å². The van der Waals surface area contributed by atoms with Gasteiger partial charge in [-0.25, -0.2) is 9.88 Å². The van der Waals surface area contributed by atoms with Crippen LogP contribution in [0.4, 0.5) is 5.69 Å². The van der Waals surface area contributed by atoms with E-state index in [1.165, 1.54) is 4.90 Å². The predicted octanol–water partition coefficient (Wildman–Crippen LogP) is 6.54. The number of rotatable bonds is 4. The van der Waals surface area contributed by atoms with Crippen LogP contribution in [0, 0.1) is 0 Å². The fraction of sp³-hybridized carbons (Fsp3) is 0. The fourth-order valence-corrected chi connectivity index (χ4v) is 4.18. The first-order valence-electron chi connectivity index (χ1n) is 10.9. The van der Waals surface area contributed by atoms with Gasteiger partial charge in [0.25, 0.3) is 11.8 Å². The first-order chi connectivity index (χ1) is 17.1. The van der Waals surface area contributed by atoms with Crippen molar-refractivity contribution in [3.8, 4) is 22.8 Å². The number of nitrogens with zero attached hydrogens (tertiary/aromatic N) is 3. The molecule has 6 rings (SSSR count). The number of ether oxygens (including phenoxy) is 1. The minimum atomic E-state index is -0.409. The molecule has 0 N–H and O–H groups in total. The Morgan fingerprint density at radius 1 is 0.714 bits per heavy atom. The van der Waals surface area contributed by atoms with Gasteiger partial charge in [0.05, 0.1) is 39.7 Å². The van der Waals surface area contributed by atoms with E-state index in [2.05, 4.69) is 9.97 Å². The fourth-order valence-electron chi connectivity index (χ4n) is 4.06. The molecule has 0 atom stereocenters. The third kappa shape index (κ3) is 3.80. The lowest BCUT2D eigenvalue weighted by Crippen LogP contribution is -2.29. The molecule has 0 radical (unpaired) electrons. The molecule has 2 heterocycles. The second-order valence-electron chi connectivity index (χ2n) is 8.00. The number of halogens is 1. The van der Waals surface area contributed by atoms with Crippen LogP contribution in [-0.2, 0) is 0 Å². The normalized spacial score (nSPS) is 12.8. The van der Waals surface area contributed by atoms with Gasteiger partial charge in [-0.15, -0.1) is 0 Å². The van der Waals surface area contributed by atoms with Crippen LogP contribution in [0.25, 0.3) is 22.3 Å². The van der Waals surface area contributed by atoms with E-state index in [-0.39, 0.29) is 11.5 Å². The average Bonchev–Trinajstić information content (AvgIpc) is 3.14. The van der Waals surface area contributed by atoms with Crippen LogP contribution < -0.4 is 9.64 Å². The number of benzene rings is 4. The van der Waals surface area contributed by atoms with Crippen LogP contribution in [0.3, 0.4) is 0 Å². The molecule has 5 aromatic rings. The molecule has 0 bridgehead atoms. The Hall–Kier alpha value is -4.55. The third-order valence-corrected chi connectivity index (χ3v) is 6.01. The highest BCUT2D eigenvalue weighted by atomic mass is 35.5. The van der Waals surface area contributed by atoms with Crippen LogP contribution in [0.15, 0.2) is 97.2 Å². The van der Waals surface area contributed by atoms with Gasteiger partial charge < -0.3 is 4.74 Å². The number of carbonyl (C=O) groups is 2. The highest BCUT2D eigenvalue weighted by Gasteiger charge is 2.37. The van der Waals surface area contributed by atoms with E-state index in [1.54, 1.807) is 66.9 Å². The number of anilines is 1. The molecule has 2 amide bonds. The molecular formula is C28H16ClN3O3.